The Balaban J connectivity index is 1.38. The summed E-state index contributed by atoms with van der Waals surface area (Å²) in [5, 5.41) is 0.964. The van der Waals surface area contributed by atoms with Crippen molar-refractivity contribution in [3.05, 3.63) is 59.4 Å². The van der Waals surface area contributed by atoms with Crippen LogP contribution in [0.1, 0.15) is 43.3 Å². The largest absolute Gasteiger partial charge is 0.454 e. The van der Waals surface area contributed by atoms with Crippen molar-refractivity contribution in [1.82, 2.24) is 14.5 Å². The summed E-state index contributed by atoms with van der Waals surface area (Å²) >= 11 is 1.61. The maximum atomic E-state index is 13.5. The minimum Gasteiger partial charge on any atom is -0.454 e. The molecule has 4 aromatic rings. The number of thiazole rings is 1. The Morgan fingerprint density at radius 1 is 1.10 bits per heavy atom. The molecule has 2 heterocycles. The van der Waals surface area contributed by atoms with Gasteiger partial charge in [0, 0.05) is 6.42 Å². The Hall–Kier alpha value is -2.87. The average Bonchev–Trinajstić information content (AvgIpc) is 3.28. The predicted octanol–water partition coefficient (Wildman–Crippen LogP) is 5.67. The van der Waals surface area contributed by atoms with Crippen molar-refractivity contribution in [1.29, 1.82) is 0 Å². The third-order valence-electron chi connectivity index (χ3n) is 4.60. The second-order valence-corrected chi connectivity index (χ2v) is 7.78. The standard InChI is InChI=1S/C21H19F2N3O2S/c1-13(20-25-14-7-2-4-9-16(14)26(20)21(22)23)28-19(27)12-6-11-18-24-15-8-3-5-10-17(15)29-18/h2-5,7-10,13,21H,6,11-12H2,1H3. The molecule has 0 aliphatic carbocycles. The molecule has 2 aromatic heterocycles. The topological polar surface area (TPSA) is 57.0 Å². The maximum absolute atomic E-state index is 13.5. The van der Waals surface area contributed by atoms with Crippen molar-refractivity contribution in [2.75, 3.05) is 0 Å². The molecular formula is C21H19F2N3O2S. The molecule has 0 N–H and O–H groups in total. The molecule has 4 rings (SSSR count). The SMILES string of the molecule is CC(OC(=O)CCCc1nc2ccccc2s1)c1nc2ccccc2n1C(F)F. The van der Waals surface area contributed by atoms with Crippen LogP contribution in [0.4, 0.5) is 8.78 Å². The third kappa shape index (κ3) is 4.12. The highest BCUT2D eigenvalue weighted by molar-refractivity contribution is 7.18. The van der Waals surface area contributed by atoms with Crippen LogP contribution in [0, 0.1) is 0 Å². The zero-order valence-corrected chi connectivity index (χ0v) is 16.5. The Morgan fingerprint density at radius 2 is 1.83 bits per heavy atom. The first kappa shape index (κ1) is 19.4. The Morgan fingerprint density at radius 3 is 2.59 bits per heavy atom. The number of rotatable bonds is 7. The summed E-state index contributed by atoms with van der Waals surface area (Å²) in [7, 11) is 0. The van der Waals surface area contributed by atoms with Crippen LogP contribution in [0.2, 0.25) is 0 Å². The molecule has 0 aliphatic rings. The van der Waals surface area contributed by atoms with Gasteiger partial charge >= 0.3 is 12.5 Å². The lowest BCUT2D eigenvalue weighted by Crippen LogP contribution is -2.14. The van der Waals surface area contributed by atoms with E-state index in [1.54, 1.807) is 42.5 Å². The van der Waals surface area contributed by atoms with Crippen molar-refractivity contribution < 1.29 is 18.3 Å². The van der Waals surface area contributed by atoms with Crippen LogP contribution in [0.15, 0.2) is 48.5 Å². The van der Waals surface area contributed by atoms with E-state index in [2.05, 4.69) is 9.97 Å². The first-order chi connectivity index (χ1) is 14.0. The van der Waals surface area contributed by atoms with Gasteiger partial charge in [-0.15, -0.1) is 11.3 Å². The molecule has 0 radical (unpaired) electrons. The number of imidazole rings is 1. The van der Waals surface area contributed by atoms with Gasteiger partial charge in [-0.2, -0.15) is 8.78 Å². The van der Waals surface area contributed by atoms with Crippen LogP contribution in [0.25, 0.3) is 21.3 Å². The lowest BCUT2D eigenvalue weighted by Gasteiger charge is -2.15. The smallest absolute Gasteiger partial charge is 0.320 e. The number of benzene rings is 2. The second kappa shape index (κ2) is 8.24. The Kier molecular flexibility index (Phi) is 5.53. The summed E-state index contributed by atoms with van der Waals surface area (Å²) in [6.07, 6.45) is 0.566. The quantitative estimate of drug-likeness (QED) is 0.365. The number of ether oxygens (including phenoxy) is 1. The maximum Gasteiger partial charge on any atom is 0.320 e. The number of aromatic nitrogens is 3. The van der Waals surface area contributed by atoms with Gasteiger partial charge in [0.1, 0.15) is 0 Å². The number of carbonyl (C=O) groups excluding carboxylic acids is 1. The lowest BCUT2D eigenvalue weighted by atomic mass is 10.2. The van der Waals surface area contributed by atoms with E-state index in [-0.39, 0.29) is 12.2 Å². The number of para-hydroxylation sites is 3. The van der Waals surface area contributed by atoms with Crippen LogP contribution in [-0.4, -0.2) is 20.5 Å². The van der Waals surface area contributed by atoms with E-state index < -0.39 is 18.6 Å². The molecule has 0 bridgehead atoms. The van der Waals surface area contributed by atoms with Crippen LogP contribution < -0.4 is 0 Å². The average molecular weight is 415 g/mol. The molecule has 0 saturated carbocycles. The fraction of sp³-hybridized carbons (Fsp3) is 0.286. The van der Waals surface area contributed by atoms with E-state index in [0.29, 0.717) is 23.9 Å². The fourth-order valence-electron chi connectivity index (χ4n) is 3.27. The van der Waals surface area contributed by atoms with Crippen molar-refractivity contribution in [3.8, 4) is 0 Å². The molecule has 29 heavy (non-hydrogen) atoms. The number of halogens is 2. The zero-order valence-electron chi connectivity index (χ0n) is 15.7. The second-order valence-electron chi connectivity index (χ2n) is 6.67. The summed E-state index contributed by atoms with van der Waals surface area (Å²) < 4.78 is 34.4. The third-order valence-corrected chi connectivity index (χ3v) is 5.70. The molecule has 1 unspecified atom stereocenters. The van der Waals surface area contributed by atoms with E-state index in [0.717, 1.165) is 19.8 Å². The molecule has 0 saturated heterocycles. The van der Waals surface area contributed by atoms with E-state index in [9.17, 15) is 13.6 Å². The first-order valence-corrected chi connectivity index (χ1v) is 10.1. The highest BCUT2D eigenvalue weighted by atomic mass is 32.1. The molecule has 0 fully saturated rings. The minimum atomic E-state index is -2.77. The van der Waals surface area contributed by atoms with E-state index in [1.165, 1.54) is 0 Å². The number of alkyl halides is 2. The van der Waals surface area contributed by atoms with Crippen molar-refractivity contribution in [2.24, 2.45) is 0 Å². The molecule has 1 atom stereocenters. The number of nitrogens with zero attached hydrogens (tertiary/aromatic N) is 3. The van der Waals surface area contributed by atoms with Crippen molar-refractivity contribution in [3.63, 3.8) is 0 Å². The number of aryl methyl sites for hydroxylation is 1. The van der Waals surface area contributed by atoms with Gasteiger partial charge in [0.25, 0.3) is 0 Å². The molecule has 8 heteroatoms. The molecule has 0 amide bonds. The number of carbonyl (C=O) groups is 1. The number of fused-ring (bicyclic) bond motifs is 2. The van der Waals surface area contributed by atoms with E-state index in [4.69, 9.17) is 4.74 Å². The molecular weight excluding hydrogens is 396 g/mol. The molecule has 2 aromatic carbocycles. The molecule has 0 spiro atoms. The van der Waals surface area contributed by atoms with Gasteiger partial charge in [-0.05, 0) is 44.0 Å². The highest BCUT2D eigenvalue weighted by Crippen LogP contribution is 2.28. The highest BCUT2D eigenvalue weighted by Gasteiger charge is 2.24. The van der Waals surface area contributed by atoms with Gasteiger partial charge in [-0.3, -0.25) is 9.36 Å². The van der Waals surface area contributed by atoms with Gasteiger partial charge in [0.2, 0.25) is 0 Å². The summed E-state index contributed by atoms with van der Waals surface area (Å²) in [5.74, 6) is -0.396. The van der Waals surface area contributed by atoms with Crippen LogP contribution in [-0.2, 0) is 16.0 Å². The van der Waals surface area contributed by atoms with Gasteiger partial charge in [0.15, 0.2) is 11.9 Å². The van der Waals surface area contributed by atoms with E-state index in [1.807, 2.05) is 24.3 Å². The van der Waals surface area contributed by atoms with Gasteiger partial charge in [-0.25, -0.2) is 9.97 Å². The summed E-state index contributed by atoms with van der Waals surface area (Å²) in [6, 6.07) is 14.5. The van der Waals surface area contributed by atoms with Crippen LogP contribution >= 0.6 is 11.3 Å². The van der Waals surface area contributed by atoms with Crippen molar-refractivity contribution >= 4 is 38.6 Å². The summed E-state index contributed by atoms with van der Waals surface area (Å²) in [5.41, 5.74) is 1.72. The number of hydrogen-bond donors (Lipinski definition) is 0. The monoisotopic (exact) mass is 415 g/mol. The van der Waals surface area contributed by atoms with E-state index >= 15 is 0 Å². The molecule has 5 nitrogen and oxygen atoms in total. The Bertz CT molecular complexity index is 1120. The van der Waals surface area contributed by atoms with Gasteiger partial charge in [0.05, 0.1) is 26.3 Å². The van der Waals surface area contributed by atoms with Crippen LogP contribution in [0.5, 0.6) is 0 Å². The molecule has 0 aliphatic heterocycles. The van der Waals surface area contributed by atoms with Crippen molar-refractivity contribution in [2.45, 2.75) is 38.8 Å². The number of hydrogen-bond acceptors (Lipinski definition) is 5. The summed E-state index contributed by atoms with van der Waals surface area (Å²) in [6.45, 7) is -1.21. The van der Waals surface area contributed by atoms with Gasteiger partial charge < -0.3 is 4.74 Å². The zero-order chi connectivity index (χ0) is 20.4. The number of esters is 1. The molecule has 150 valence electrons. The summed E-state index contributed by atoms with van der Waals surface area (Å²) in [4.78, 5) is 21.0. The fourth-order valence-corrected chi connectivity index (χ4v) is 4.28. The predicted molar refractivity (Wildman–Crippen MR) is 108 cm³/mol. The van der Waals surface area contributed by atoms with Crippen LogP contribution in [0.3, 0.4) is 0 Å². The lowest BCUT2D eigenvalue weighted by molar-refractivity contribution is -0.149. The minimum absolute atomic E-state index is 0.0423. The normalized spacial score (nSPS) is 12.7. The van der Waals surface area contributed by atoms with Gasteiger partial charge in [-0.1, -0.05) is 24.3 Å². The Labute approximate surface area is 170 Å². The first-order valence-electron chi connectivity index (χ1n) is 9.32.